The van der Waals surface area contributed by atoms with Crippen LogP contribution in [-0.2, 0) is 6.54 Å². The zero-order valence-corrected chi connectivity index (χ0v) is 6.79. The van der Waals surface area contributed by atoms with Crippen molar-refractivity contribution in [2.24, 2.45) is 5.73 Å². The van der Waals surface area contributed by atoms with E-state index in [0.717, 1.165) is 11.3 Å². The summed E-state index contributed by atoms with van der Waals surface area (Å²) in [6.07, 6.45) is 0. The minimum Gasteiger partial charge on any atom is -0.481 e. The predicted molar refractivity (Wildman–Crippen MR) is 43.4 cm³/mol. The SMILES string of the molecule is COc1ccc(C)c(CN)n1. The maximum absolute atomic E-state index is 5.46. The number of ether oxygens (including phenoxy) is 1. The molecule has 2 N–H and O–H groups in total. The summed E-state index contributed by atoms with van der Waals surface area (Å²) in [5.74, 6) is 0.621. The first-order valence-corrected chi connectivity index (χ1v) is 3.48. The Labute approximate surface area is 66.2 Å². The number of nitrogens with two attached hydrogens (primary N) is 1. The molecular formula is C8H12N2O. The number of nitrogens with zero attached hydrogens (tertiary/aromatic N) is 1. The van der Waals surface area contributed by atoms with Crippen molar-refractivity contribution in [2.75, 3.05) is 7.11 Å². The van der Waals surface area contributed by atoms with Crippen molar-refractivity contribution < 1.29 is 4.74 Å². The molecule has 3 nitrogen and oxygen atoms in total. The maximum Gasteiger partial charge on any atom is 0.213 e. The first kappa shape index (κ1) is 8.01. The molecule has 1 aromatic heterocycles. The molecule has 0 amide bonds. The van der Waals surface area contributed by atoms with Gasteiger partial charge in [0, 0.05) is 12.6 Å². The van der Waals surface area contributed by atoms with Crippen LogP contribution in [0.15, 0.2) is 12.1 Å². The van der Waals surface area contributed by atoms with Crippen LogP contribution in [0.3, 0.4) is 0 Å². The Balaban J connectivity index is 3.02. The van der Waals surface area contributed by atoms with Gasteiger partial charge in [0.15, 0.2) is 0 Å². The smallest absolute Gasteiger partial charge is 0.213 e. The van der Waals surface area contributed by atoms with E-state index in [1.165, 1.54) is 0 Å². The molecule has 0 unspecified atom stereocenters. The summed E-state index contributed by atoms with van der Waals surface area (Å²) in [5.41, 5.74) is 7.45. The van der Waals surface area contributed by atoms with Gasteiger partial charge in [-0.05, 0) is 12.5 Å². The van der Waals surface area contributed by atoms with Gasteiger partial charge in [0.25, 0.3) is 0 Å². The van der Waals surface area contributed by atoms with Gasteiger partial charge in [0.1, 0.15) is 0 Å². The summed E-state index contributed by atoms with van der Waals surface area (Å²) in [5, 5.41) is 0. The minimum atomic E-state index is 0.461. The zero-order valence-electron chi connectivity index (χ0n) is 6.79. The highest BCUT2D eigenvalue weighted by atomic mass is 16.5. The molecule has 0 bridgehead atoms. The van der Waals surface area contributed by atoms with Gasteiger partial charge in [-0.15, -0.1) is 0 Å². The van der Waals surface area contributed by atoms with Crippen molar-refractivity contribution in [1.29, 1.82) is 0 Å². The average molecular weight is 152 g/mol. The van der Waals surface area contributed by atoms with Crippen LogP contribution in [0.25, 0.3) is 0 Å². The van der Waals surface area contributed by atoms with Crippen molar-refractivity contribution in [3.05, 3.63) is 23.4 Å². The van der Waals surface area contributed by atoms with E-state index < -0.39 is 0 Å². The second kappa shape index (κ2) is 3.34. The Morgan fingerprint density at radius 1 is 1.55 bits per heavy atom. The molecule has 0 fully saturated rings. The molecule has 0 radical (unpaired) electrons. The van der Waals surface area contributed by atoms with Crippen molar-refractivity contribution in [3.63, 3.8) is 0 Å². The van der Waals surface area contributed by atoms with Gasteiger partial charge in [0.2, 0.25) is 5.88 Å². The highest BCUT2D eigenvalue weighted by Crippen LogP contribution is 2.10. The number of hydrogen-bond acceptors (Lipinski definition) is 3. The Morgan fingerprint density at radius 3 is 2.82 bits per heavy atom. The van der Waals surface area contributed by atoms with Gasteiger partial charge < -0.3 is 10.5 Å². The zero-order chi connectivity index (χ0) is 8.27. The lowest BCUT2D eigenvalue weighted by molar-refractivity contribution is 0.396. The van der Waals surface area contributed by atoms with Gasteiger partial charge in [-0.3, -0.25) is 0 Å². The molecule has 0 saturated heterocycles. The lowest BCUT2D eigenvalue weighted by Gasteiger charge is -2.03. The fourth-order valence-corrected chi connectivity index (χ4v) is 0.871. The average Bonchev–Trinajstić information content (AvgIpc) is 2.05. The minimum absolute atomic E-state index is 0.461. The summed E-state index contributed by atoms with van der Waals surface area (Å²) in [6.45, 7) is 2.44. The molecule has 0 aromatic carbocycles. The summed E-state index contributed by atoms with van der Waals surface area (Å²) in [6, 6.07) is 3.78. The number of rotatable bonds is 2. The van der Waals surface area contributed by atoms with E-state index in [2.05, 4.69) is 4.98 Å². The highest BCUT2D eigenvalue weighted by Gasteiger charge is 1.98. The molecular weight excluding hydrogens is 140 g/mol. The fourth-order valence-electron chi connectivity index (χ4n) is 0.871. The van der Waals surface area contributed by atoms with Crippen LogP contribution in [0.1, 0.15) is 11.3 Å². The predicted octanol–water partition coefficient (Wildman–Crippen LogP) is 0.857. The van der Waals surface area contributed by atoms with Crippen LogP contribution in [0, 0.1) is 6.92 Å². The van der Waals surface area contributed by atoms with Crippen LogP contribution < -0.4 is 10.5 Å². The quantitative estimate of drug-likeness (QED) is 0.683. The Hall–Kier alpha value is -1.09. The first-order valence-electron chi connectivity index (χ1n) is 3.48. The molecule has 1 heterocycles. The third kappa shape index (κ3) is 1.68. The van der Waals surface area contributed by atoms with Crippen molar-refractivity contribution >= 4 is 0 Å². The van der Waals surface area contributed by atoms with Crippen LogP contribution in [-0.4, -0.2) is 12.1 Å². The van der Waals surface area contributed by atoms with E-state index in [0.29, 0.717) is 12.4 Å². The van der Waals surface area contributed by atoms with Crippen molar-refractivity contribution in [2.45, 2.75) is 13.5 Å². The normalized spacial score (nSPS) is 9.73. The molecule has 60 valence electrons. The van der Waals surface area contributed by atoms with E-state index in [1.807, 2.05) is 19.1 Å². The molecule has 0 saturated carbocycles. The second-order valence-corrected chi connectivity index (χ2v) is 2.32. The third-order valence-electron chi connectivity index (χ3n) is 1.58. The van der Waals surface area contributed by atoms with Gasteiger partial charge in [-0.25, -0.2) is 4.98 Å². The lowest BCUT2D eigenvalue weighted by Crippen LogP contribution is -2.03. The van der Waals surface area contributed by atoms with E-state index in [9.17, 15) is 0 Å². The largest absolute Gasteiger partial charge is 0.481 e. The third-order valence-corrected chi connectivity index (χ3v) is 1.58. The monoisotopic (exact) mass is 152 g/mol. The van der Waals surface area contributed by atoms with Crippen molar-refractivity contribution in [1.82, 2.24) is 4.98 Å². The molecule has 3 heteroatoms. The highest BCUT2D eigenvalue weighted by molar-refractivity contribution is 5.24. The first-order chi connectivity index (χ1) is 5.27. The molecule has 1 aromatic rings. The standard InChI is InChI=1S/C8H12N2O/c1-6-3-4-8(11-2)10-7(6)5-9/h3-4H,5,9H2,1-2H3. The van der Waals surface area contributed by atoms with E-state index in [1.54, 1.807) is 7.11 Å². The summed E-state index contributed by atoms with van der Waals surface area (Å²) >= 11 is 0. The Morgan fingerprint density at radius 2 is 2.27 bits per heavy atom. The molecule has 0 aliphatic heterocycles. The number of aromatic nitrogens is 1. The summed E-state index contributed by atoms with van der Waals surface area (Å²) < 4.78 is 4.94. The summed E-state index contributed by atoms with van der Waals surface area (Å²) in [7, 11) is 1.60. The topological polar surface area (TPSA) is 48.1 Å². The van der Waals surface area contributed by atoms with E-state index in [-0.39, 0.29) is 0 Å². The molecule has 11 heavy (non-hydrogen) atoms. The number of pyridine rings is 1. The number of hydrogen-bond donors (Lipinski definition) is 1. The lowest BCUT2D eigenvalue weighted by atomic mass is 10.2. The van der Waals surface area contributed by atoms with Crippen LogP contribution in [0.5, 0.6) is 5.88 Å². The molecule has 1 rings (SSSR count). The van der Waals surface area contributed by atoms with E-state index in [4.69, 9.17) is 10.5 Å². The maximum atomic E-state index is 5.46. The Bertz CT molecular complexity index is 248. The van der Waals surface area contributed by atoms with Crippen LogP contribution in [0.2, 0.25) is 0 Å². The Kier molecular flexibility index (Phi) is 2.44. The van der Waals surface area contributed by atoms with E-state index >= 15 is 0 Å². The number of methoxy groups -OCH3 is 1. The molecule has 0 spiro atoms. The van der Waals surface area contributed by atoms with Crippen LogP contribution in [0.4, 0.5) is 0 Å². The second-order valence-electron chi connectivity index (χ2n) is 2.32. The van der Waals surface area contributed by atoms with Gasteiger partial charge >= 0.3 is 0 Å². The molecule has 0 aliphatic rings. The van der Waals surface area contributed by atoms with Gasteiger partial charge in [-0.2, -0.15) is 0 Å². The summed E-state index contributed by atoms with van der Waals surface area (Å²) in [4.78, 5) is 4.16. The molecule has 0 atom stereocenters. The molecule has 0 aliphatic carbocycles. The van der Waals surface area contributed by atoms with Gasteiger partial charge in [-0.1, -0.05) is 6.07 Å². The van der Waals surface area contributed by atoms with Crippen LogP contribution >= 0.6 is 0 Å². The fraction of sp³-hybridized carbons (Fsp3) is 0.375. The van der Waals surface area contributed by atoms with Gasteiger partial charge in [0.05, 0.1) is 12.8 Å². The number of aryl methyl sites for hydroxylation is 1. The van der Waals surface area contributed by atoms with Crippen molar-refractivity contribution in [3.8, 4) is 5.88 Å².